The molecular weight excluding hydrogens is 324 g/mol. The second-order valence-electron chi connectivity index (χ2n) is 5.05. The molecule has 128 valence electrons. The maximum absolute atomic E-state index is 11.6. The molecule has 0 saturated heterocycles. The molecule has 0 aliphatic carbocycles. The number of oxazole rings is 1. The molecular formula is C16H16N6O3. The lowest BCUT2D eigenvalue weighted by Crippen LogP contribution is -2.28. The van der Waals surface area contributed by atoms with Gasteiger partial charge in [0.05, 0.1) is 7.11 Å². The number of carbonyl (C=O) groups excluding carboxylic acids is 1. The number of pyridine rings is 1. The molecule has 0 unspecified atom stereocenters. The Labute approximate surface area is 143 Å². The minimum absolute atomic E-state index is 0.0617. The summed E-state index contributed by atoms with van der Waals surface area (Å²) >= 11 is 0. The maximum Gasteiger partial charge on any atom is 0.323 e. The predicted molar refractivity (Wildman–Crippen MR) is 91.3 cm³/mol. The second-order valence-corrected chi connectivity index (χ2v) is 5.05. The molecule has 0 aliphatic rings. The third kappa shape index (κ3) is 3.55. The summed E-state index contributed by atoms with van der Waals surface area (Å²) in [6.45, 7) is 5.70. The Balaban J connectivity index is 1.90. The van der Waals surface area contributed by atoms with E-state index < -0.39 is 6.03 Å². The summed E-state index contributed by atoms with van der Waals surface area (Å²) in [4.78, 5) is 28.4. The first-order valence-corrected chi connectivity index (χ1v) is 7.41. The second kappa shape index (κ2) is 6.95. The van der Waals surface area contributed by atoms with Crippen molar-refractivity contribution in [3.05, 3.63) is 36.8 Å². The lowest BCUT2D eigenvalue weighted by atomic mass is 10.1. The van der Waals surface area contributed by atoms with Crippen molar-refractivity contribution in [2.45, 2.75) is 6.92 Å². The van der Waals surface area contributed by atoms with Gasteiger partial charge in [-0.3, -0.25) is 5.32 Å². The SMILES string of the molecule is C=CCNC(=O)Nc1nc2cc(-c3cnc(OC)nc3)c(C)nc2o1. The topological polar surface area (TPSA) is 115 Å². The average molecular weight is 340 g/mol. The maximum atomic E-state index is 11.6. The summed E-state index contributed by atoms with van der Waals surface area (Å²) < 4.78 is 10.4. The van der Waals surface area contributed by atoms with Crippen molar-refractivity contribution in [3.8, 4) is 17.1 Å². The van der Waals surface area contributed by atoms with Crippen LogP contribution in [0.1, 0.15) is 5.69 Å². The number of methoxy groups -OCH3 is 1. The molecule has 3 rings (SSSR count). The summed E-state index contributed by atoms with van der Waals surface area (Å²) in [5.74, 6) is 0. The first kappa shape index (κ1) is 16.4. The molecule has 2 N–H and O–H groups in total. The van der Waals surface area contributed by atoms with Gasteiger partial charge in [-0.2, -0.15) is 4.98 Å². The van der Waals surface area contributed by atoms with E-state index in [0.717, 1.165) is 16.8 Å². The van der Waals surface area contributed by atoms with Gasteiger partial charge in [0, 0.05) is 35.8 Å². The molecule has 0 aliphatic heterocycles. The van der Waals surface area contributed by atoms with Gasteiger partial charge in [0.1, 0.15) is 5.52 Å². The van der Waals surface area contributed by atoms with Gasteiger partial charge in [0.2, 0.25) is 5.71 Å². The Bertz CT molecular complexity index is 920. The van der Waals surface area contributed by atoms with Crippen molar-refractivity contribution >= 4 is 23.3 Å². The van der Waals surface area contributed by atoms with Gasteiger partial charge in [-0.15, -0.1) is 6.58 Å². The third-order valence-corrected chi connectivity index (χ3v) is 3.32. The van der Waals surface area contributed by atoms with Crippen molar-refractivity contribution in [1.29, 1.82) is 0 Å². The molecule has 0 atom stereocenters. The number of nitrogens with one attached hydrogen (secondary N) is 2. The Kier molecular flexibility index (Phi) is 4.55. The van der Waals surface area contributed by atoms with Crippen LogP contribution in [-0.4, -0.2) is 39.6 Å². The van der Waals surface area contributed by atoms with E-state index in [1.54, 1.807) is 24.5 Å². The number of anilines is 1. The number of hydrogen-bond donors (Lipinski definition) is 2. The van der Waals surface area contributed by atoms with E-state index in [0.29, 0.717) is 17.8 Å². The molecule has 0 fully saturated rings. The molecule has 0 aromatic carbocycles. The Hall–Kier alpha value is -3.49. The van der Waals surface area contributed by atoms with Crippen LogP contribution >= 0.6 is 0 Å². The van der Waals surface area contributed by atoms with Crippen LogP contribution in [0.4, 0.5) is 10.8 Å². The van der Waals surface area contributed by atoms with Gasteiger partial charge < -0.3 is 14.5 Å². The number of aromatic nitrogens is 4. The molecule has 9 nitrogen and oxygen atoms in total. The van der Waals surface area contributed by atoms with E-state index in [-0.39, 0.29) is 12.0 Å². The molecule has 0 saturated carbocycles. The lowest BCUT2D eigenvalue weighted by Gasteiger charge is -2.04. The molecule has 0 bridgehead atoms. The summed E-state index contributed by atoms with van der Waals surface area (Å²) in [6, 6.07) is 1.71. The van der Waals surface area contributed by atoms with E-state index in [1.165, 1.54) is 7.11 Å². The summed E-state index contributed by atoms with van der Waals surface area (Å²) in [5, 5.41) is 5.07. The number of fused-ring (bicyclic) bond motifs is 1. The van der Waals surface area contributed by atoms with Crippen LogP contribution in [0.3, 0.4) is 0 Å². The Morgan fingerprint density at radius 3 is 2.80 bits per heavy atom. The first-order chi connectivity index (χ1) is 12.1. The molecule has 0 radical (unpaired) electrons. The molecule has 9 heteroatoms. The number of rotatable bonds is 5. The van der Waals surface area contributed by atoms with Crippen LogP contribution in [0.5, 0.6) is 6.01 Å². The van der Waals surface area contributed by atoms with Crippen LogP contribution in [0.15, 0.2) is 35.5 Å². The summed E-state index contributed by atoms with van der Waals surface area (Å²) in [5.41, 5.74) is 3.14. The third-order valence-electron chi connectivity index (χ3n) is 3.32. The number of carbonyl (C=O) groups is 1. The predicted octanol–water partition coefficient (Wildman–Crippen LogP) is 2.30. The number of urea groups is 1. The molecule has 0 spiro atoms. The quantitative estimate of drug-likeness (QED) is 0.685. The number of hydrogen-bond acceptors (Lipinski definition) is 7. The Morgan fingerprint density at radius 1 is 1.36 bits per heavy atom. The summed E-state index contributed by atoms with van der Waals surface area (Å²) in [6.07, 6.45) is 4.85. The zero-order valence-electron chi connectivity index (χ0n) is 13.7. The van der Waals surface area contributed by atoms with Crippen LogP contribution in [0.2, 0.25) is 0 Å². The van der Waals surface area contributed by atoms with E-state index in [4.69, 9.17) is 9.15 Å². The standard InChI is InChI=1S/C16H16N6O3/c1-4-5-17-14(23)22-16-21-12-6-11(9(2)20-13(12)25-16)10-7-18-15(24-3)19-8-10/h4,6-8H,1,5H2,2-3H3,(H2,17,21,22,23). The highest BCUT2D eigenvalue weighted by atomic mass is 16.5. The van der Waals surface area contributed by atoms with E-state index in [1.807, 2.05) is 6.92 Å². The number of amides is 2. The first-order valence-electron chi connectivity index (χ1n) is 7.41. The normalized spacial score (nSPS) is 10.5. The number of ether oxygens (including phenoxy) is 1. The van der Waals surface area contributed by atoms with Gasteiger partial charge in [0.25, 0.3) is 0 Å². The van der Waals surface area contributed by atoms with Gasteiger partial charge in [-0.1, -0.05) is 6.08 Å². The highest BCUT2D eigenvalue weighted by Crippen LogP contribution is 2.27. The van der Waals surface area contributed by atoms with Gasteiger partial charge >= 0.3 is 18.1 Å². The fourth-order valence-corrected chi connectivity index (χ4v) is 2.16. The summed E-state index contributed by atoms with van der Waals surface area (Å²) in [7, 11) is 1.50. The van der Waals surface area contributed by atoms with Crippen molar-refractivity contribution < 1.29 is 13.9 Å². The van der Waals surface area contributed by atoms with Crippen molar-refractivity contribution in [2.75, 3.05) is 19.0 Å². The van der Waals surface area contributed by atoms with Gasteiger partial charge in [-0.05, 0) is 13.0 Å². The molecule has 3 aromatic rings. The molecule has 25 heavy (non-hydrogen) atoms. The Morgan fingerprint density at radius 2 is 2.12 bits per heavy atom. The largest absolute Gasteiger partial charge is 0.467 e. The van der Waals surface area contributed by atoms with Crippen molar-refractivity contribution in [2.24, 2.45) is 0 Å². The smallest absolute Gasteiger partial charge is 0.323 e. The average Bonchev–Trinajstić information content (AvgIpc) is 3.00. The van der Waals surface area contributed by atoms with Gasteiger partial charge in [-0.25, -0.2) is 19.7 Å². The fourth-order valence-electron chi connectivity index (χ4n) is 2.16. The highest BCUT2D eigenvalue weighted by Gasteiger charge is 2.14. The van der Waals surface area contributed by atoms with E-state index in [2.05, 4.69) is 37.1 Å². The van der Waals surface area contributed by atoms with Crippen molar-refractivity contribution in [1.82, 2.24) is 25.3 Å². The van der Waals surface area contributed by atoms with E-state index >= 15 is 0 Å². The van der Waals surface area contributed by atoms with Crippen LogP contribution < -0.4 is 15.4 Å². The monoisotopic (exact) mass is 340 g/mol. The lowest BCUT2D eigenvalue weighted by molar-refractivity contribution is 0.252. The number of aryl methyl sites for hydroxylation is 1. The highest BCUT2D eigenvalue weighted by molar-refractivity contribution is 5.88. The zero-order chi connectivity index (χ0) is 17.8. The van der Waals surface area contributed by atoms with Crippen molar-refractivity contribution in [3.63, 3.8) is 0 Å². The molecule has 2 amide bonds. The number of nitrogens with zero attached hydrogens (tertiary/aromatic N) is 4. The fraction of sp³-hybridized carbons (Fsp3) is 0.188. The van der Waals surface area contributed by atoms with Crippen LogP contribution in [-0.2, 0) is 0 Å². The minimum Gasteiger partial charge on any atom is -0.467 e. The van der Waals surface area contributed by atoms with E-state index in [9.17, 15) is 4.79 Å². The van der Waals surface area contributed by atoms with Crippen LogP contribution in [0.25, 0.3) is 22.4 Å². The molecule has 3 aromatic heterocycles. The van der Waals surface area contributed by atoms with Gasteiger partial charge in [0.15, 0.2) is 0 Å². The zero-order valence-corrected chi connectivity index (χ0v) is 13.7. The minimum atomic E-state index is -0.438. The molecule has 3 heterocycles. The van der Waals surface area contributed by atoms with Crippen LogP contribution in [0, 0.1) is 6.92 Å².